The van der Waals surface area contributed by atoms with E-state index in [1.54, 1.807) is 12.1 Å². The summed E-state index contributed by atoms with van der Waals surface area (Å²) in [4.78, 5) is 0. The lowest BCUT2D eigenvalue weighted by atomic mass is 9.76. The van der Waals surface area contributed by atoms with Gasteiger partial charge in [-0.2, -0.15) is 0 Å². The lowest BCUT2D eigenvalue weighted by Gasteiger charge is -2.32. The molecule has 118 valence electrons. The Morgan fingerprint density at radius 1 is 1.24 bits per heavy atom. The van der Waals surface area contributed by atoms with Gasteiger partial charge in [0.1, 0.15) is 5.82 Å². The van der Waals surface area contributed by atoms with E-state index in [2.05, 4.69) is 19.2 Å². The van der Waals surface area contributed by atoms with Crippen LogP contribution in [0.1, 0.15) is 45.1 Å². The fraction of sp³-hybridized carbons (Fsp3) is 0.667. The van der Waals surface area contributed by atoms with Gasteiger partial charge in [-0.05, 0) is 62.2 Å². The molecular weight excluding hydrogens is 285 g/mol. The molecule has 1 nitrogen and oxygen atoms in total. The van der Waals surface area contributed by atoms with E-state index in [1.165, 1.54) is 31.7 Å². The van der Waals surface area contributed by atoms with Crippen molar-refractivity contribution in [3.05, 3.63) is 34.6 Å². The van der Waals surface area contributed by atoms with E-state index in [9.17, 15) is 4.39 Å². The maximum absolute atomic E-state index is 14.0. The van der Waals surface area contributed by atoms with Crippen LogP contribution in [0.2, 0.25) is 5.02 Å². The van der Waals surface area contributed by atoms with E-state index in [-0.39, 0.29) is 5.82 Å². The first-order valence-corrected chi connectivity index (χ1v) is 8.59. The summed E-state index contributed by atoms with van der Waals surface area (Å²) < 4.78 is 14.0. The second-order valence-corrected chi connectivity index (χ2v) is 7.17. The second-order valence-electron chi connectivity index (χ2n) is 6.76. The minimum atomic E-state index is -0.151. The quantitative estimate of drug-likeness (QED) is 0.773. The molecule has 0 aliphatic heterocycles. The molecule has 2 atom stereocenters. The van der Waals surface area contributed by atoms with E-state index in [0.717, 1.165) is 19.5 Å². The highest BCUT2D eigenvalue weighted by Crippen LogP contribution is 2.34. The normalized spacial score (nSPS) is 22.7. The van der Waals surface area contributed by atoms with Crippen LogP contribution < -0.4 is 5.32 Å². The van der Waals surface area contributed by atoms with Gasteiger partial charge in [-0.25, -0.2) is 4.39 Å². The zero-order valence-electron chi connectivity index (χ0n) is 13.2. The molecule has 2 unspecified atom stereocenters. The summed E-state index contributed by atoms with van der Waals surface area (Å²) >= 11 is 6.19. The molecule has 2 rings (SSSR count). The van der Waals surface area contributed by atoms with Crippen molar-refractivity contribution in [2.75, 3.05) is 13.1 Å². The van der Waals surface area contributed by atoms with Crippen LogP contribution >= 0.6 is 11.6 Å². The monoisotopic (exact) mass is 311 g/mol. The van der Waals surface area contributed by atoms with Gasteiger partial charge in [0.15, 0.2) is 0 Å². The Morgan fingerprint density at radius 2 is 1.95 bits per heavy atom. The predicted octanol–water partition coefficient (Wildman–Crippen LogP) is 5.07. The van der Waals surface area contributed by atoms with Gasteiger partial charge in [0.2, 0.25) is 0 Å². The molecule has 0 spiro atoms. The Morgan fingerprint density at radius 3 is 2.62 bits per heavy atom. The molecule has 21 heavy (non-hydrogen) atoms. The van der Waals surface area contributed by atoms with E-state index in [1.807, 2.05) is 0 Å². The van der Waals surface area contributed by atoms with Crippen molar-refractivity contribution >= 4 is 11.6 Å². The van der Waals surface area contributed by atoms with Crippen LogP contribution in [0.4, 0.5) is 4.39 Å². The summed E-state index contributed by atoms with van der Waals surface area (Å²) in [5.74, 6) is 1.72. The molecule has 1 aromatic rings. The average molecular weight is 312 g/mol. The number of hydrogen-bond donors (Lipinski definition) is 1. The summed E-state index contributed by atoms with van der Waals surface area (Å²) in [7, 11) is 0. The molecule has 0 saturated heterocycles. The van der Waals surface area contributed by atoms with Crippen molar-refractivity contribution < 1.29 is 4.39 Å². The summed E-state index contributed by atoms with van der Waals surface area (Å²) in [5.41, 5.74) is 0.708. The van der Waals surface area contributed by atoms with Crippen LogP contribution in [0.5, 0.6) is 0 Å². The van der Waals surface area contributed by atoms with Gasteiger partial charge in [0, 0.05) is 10.6 Å². The number of nitrogens with one attached hydrogen (secondary N) is 1. The minimum Gasteiger partial charge on any atom is -0.316 e. The van der Waals surface area contributed by atoms with Gasteiger partial charge in [0.25, 0.3) is 0 Å². The molecule has 3 heteroatoms. The third-order valence-corrected chi connectivity index (χ3v) is 4.91. The Bertz CT molecular complexity index is 427. The van der Waals surface area contributed by atoms with Gasteiger partial charge in [0.05, 0.1) is 0 Å². The van der Waals surface area contributed by atoms with Crippen LogP contribution in [-0.4, -0.2) is 13.1 Å². The van der Waals surface area contributed by atoms with Crippen LogP contribution in [0.3, 0.4) is 0 Å². The van der Waals surface area contributed by atoms with Crippen molar-refractivity contribution in [3.63, 3.8) is 0 Å². The topological polar surface area (TPSA) is 12.0 Å². The minimum absolute atomic E-state index is 0.151. The molecular formula is C18H27ClFN. The molecule has 1 aliphatic rings. The number of hydrogen-bond acceptors (Lipinski definition) is 1. The molecule has 0 heterocycles. The Labute approximate surface area is 133 Å². The summed E-state index contributed by atoms with van der Waals surface area (Å²) in [6, 6.07) is 5.01. The lowest BCUT2D eigenvalue weighted by Crippen LogP contribution is -2.33. The first kappa shape index (κ1) is 16.8. The maximum Gasteiger partial charge on any atom is 0.127 e. The van der Waals surface area contributed by atoms with Crippen LogP contribution in [0.25, 0.3) is 0 Å². The van der Waals surface area contributed by atoms with E-state index < -0.39 is 0 Å². The molecule has 0 amide bonds. The Balaban J connectivity index is 1.98. The van der Waals surface area contributed by atoms with Crippen molar-refractivity contribution in [1.29, 1.82) is 0 Å². The SMILES string of the molecule is CC(C)CNCC1CCCCC1Cc1c(F)cccc1Cl. The van der Waals surface area contributed by atoms with Crippen LogP contribution in [0.15, 0.2) is 18.2 Å². The standard InChI is InChI=1S/C18H27ClFN/c1-13(2)11-21-12-15-7-4-3-6-14(15)10-16-17(19)8-5-9-18(16)20/h5,8-9,13-15,21H,3-4,6-7,10-12H2,1-2H3. The lowest BCUT2D eigenvalue weighted by molar-refractivity contribution is 0.225. The van der Waals surface area contributed by atoms with Gasteiger partial charge < -0.3 is 5.32 Å². The zero-order valence-corrected chi connectivity index (χ0v) is 13.9. The largest absolute Gasteiger partial charge is 0.316 e. The van der Waals surface area contributed by atoms with E-state index in [0.29, 0.717) is 28.3 Å². The average Bonchev–Trinajstić information content (AvgIpc) is 2.44. The second kappa shape index (κ2) is 8.14. The van der Waals surface area contributed by atoms with Gasteiger partial charge in [-0.3, -0.25) is 0 Å². The summed E-state index contributed by atoms with van der Waals surface area (Å²) in [5, 5.41) is 4.15. The predicted molar refractivity (Wildman–Crippen MR) is 88.3 cm³/mol. The third-order valence-electron chi connectivity index (χ3n) is 4.55. The first-order valence-electron chi connectivity index (χ1n) is 8.21. The van der Waals surface area contributed by atoms with Crippen molar-refractivity contribution in [2.45, 2.75) is 46.0 Å². The first-order chi connectivity index (χ1) is 10.1. The van der Waals surface area contributed by atoms with Crippen molar-refractivity contribution in [1.82, 2.24) is 5.32 Å². The van der Waals surface area contributed by atoms with Gasteiger partial charge in [-0.15, -0.1) is 0 Å². The highest BCUT2D eigenvalue weighted by Gasteiger charge is 2.26. The van der Waals surface area contributed by atoms with E-state index >= 15 is 0 Å². The summed E-state index contributed by atoms with van der Waals surface area (Å²) in [6.45, 7) is 6.56. The molecule has 1 aromatic carbocycles. The van der Waals surface area contributed by atoms with Crippen LogP contribution in [0, 0.1) is 23.6 Å². The molecule has 0 radical (unpaired) electrons. The third kappa shape index (κ3) is 4.96. The highest BCUT2D eigenvalue weighted by molar-refractivity contribution is 6.31. The molecule has 1 saturated carbocycles. The molecule has 0 bridgehead atoms. The van der Waals surface area contributed by atoms with Crippen LogP contribution in [-0.2, 0) is 6.42 Å². The van der Waals surface area contributed by atoms with Crippen molar-refractivity contribution in [3.8, 4) is 0 Å². The maximum atomic E-state index is 14.0. The van der Waals surface area contributed by atoms with Gasteiger partial charge in [-0.1, -0.05) is 44.4 Å². The number of rotatable bonds is 6. The van der Waals surface area contributed by atoms with Gasteiger partial charge >= 0.3 is 0 Å². The molecule has 1 fully saturated rings. The Hall–Kier alpha value is -0.600. The highest BCUT2D eigenvalue weighted by atomic mass is 35.5. The van der Waals surface area contributed by atoms with Crippen molar-refractivity contribution in [2.24, 2.45) is 17.8 Å². The molecule has 0 aromatic heterocycles. The Kier molecular flexibility index (Phi) is 6.50. The fourth-order valence-corrected chi connectivity index (χ4v) is 3.61. The molecule has 1 N–H and O–H groups in total. The smallest absolute Gasteiger partial charge is 0.127 e. The van der Waals surface area contributed by atoms with E-state index in [4.69, 9.17) is 11.6 Å². The fourth-order valence-electron chi connectivity index (χ4n) is 3.37. The summed E-state index contributed by atoms with van der Waals surface area (Å²) in [6.07, 6.45) is 5.78. The number of halogens is 2. The number of benzene rings is 1. The zero-order chi connectivity index (χ0) is 15.2. The molecule has 1 aliphatic carbocycles.